The summed E-state index contributed by atoms with van der Waals surface area (Å²) in [6.45, 7) is 11.9. The van der Waals surface area contributed by atoms with Gasteiger partial charge in [0.2, 0.25) is 0 Å². The van der Waals surface area contributed by atoms with E-state index >= 15 is 0 Å². The highest BCUT2D eigenvalue weighted by molar-refractivity contribution is 5.63. The summed E-state index contributed by atoms with van der Waals surface area (Å²) in [5.41, 5.74) is 1.70. The van der Waals surface area contributed by atoms with Gasteiger partial charge in [-0.2, -0.15) is 19.4 Å². The maximum absolute atomic E-state index is 11.0. The van der Waals surface area contributed by atoms with Crippen molar-refractivity contribution in [3.8, 4) is 0 Å². The van der Waals surface area contributed by atoms with E-state index in [2.05, 4.69) is 32.4 Å². The molecule has 22 heavy (non-hydrogen) atoms. The summed E-state index contributed by atoms with van der Waals surface area (Å²) in [5.74, 6) is 0. The topological polar surface area (TPSA) is 89.5 Å². The molecule has 0 rings (SSSR count). The first-order chi connectivity index (χ1) is 10.4. The summed E-state index contributed by atoms with van der Waals surface area (Å²) >= 11 is 0. The van der Waals surface area contributed by atoms with Crippen molar-refractivity contribution in [3.63, 3.8) is 0 Å². The molecule has 0 fully saturated rings. The molecule has 0 atom stereocenters. The van der Waals surface area contributed by atoms with Crippen LogP contribution in [-0.2, 0) is 28.7 Å². The van der Waals surface area contributed by atoms with Gasteiger partial charge in [-0.3, -0.25) is 0 Å². The molecule has 0 bridgehead atoms. The summed E-state index contributed by atoms with van der Waals surface area (Å²) in [7, 11) is 0. The zero-order valence-electron chi connectivity index (χ0n) is 12.9. The van der Waals surface area contributed by atoms with Gasteiger partial charge in [-0.25, -0.2) is 0 Å². The number of carbonyl (C=O) groups is 2. The Labute approximate surface area is 129 Å². The van der Waals surface area contributed by atoms with Crippen molar-refractivity contribution >= 4 is 12.3 Å². The maximum Gasteiger partial charge on any atom is 0.550 e. The fourth-order valence-corrected chi connectivity index (χ4v) is 0.977. The van der Waals surface area contributed by atoms with Crippen LogP contribution >= 0.6 is 0 Å². The molecule has 126 valence electrons. The molecule has 0 saturated heterocycles. The zero-order chi connectivity index (χ0) is 16.8. The van der Waals surface area contributed by atoms with Gasteiger partial charge in [0, 0.05) is 0 Å². The molecular weight excluding hydrogens is 296 g/mol. The molecule has 0 spiro atoms. The van der Waals surface area contributed by atoms with Gasteiger partial charge in [-0.15, -0.1) is 0 Å². The van der Waals surface area contributed by atoms with Crippen LogP contribution in [0.5, 0.6) is 0 Å². The van der Waals surface area contributed by atoms with Crippen LogP contribution in [0.3, 0.4) is 0 Å². The third-order valence-corrected chi connectivity index (χ3v) is 1.77. The summed E-state index contributed by atoms with van der Waals surface area (Å²) < 4.78 is 19.3. The van der Waals surface area contributed by atoms with E-state index in [4.69, 9.17) is 9.47 Å². The van der Waals surface area contributed by atoms with Crippen LogP contribution in [0.15, 0.2) is 24.3 Å². The fourth-order valence-electron chi connectivity index (χ4n) is 0.977. The van der Waals surface area contributed by atoms with Gasteiger partial charge in [0.15, 0.2) is 0 Å². The quantitative estimate of drug-likeness (QED) is 0.199. The smallest absolute Gasteiger partial charge is 0.429 e. The Hall–Kier alpha value is -2.06. The molecule has 0 heterocycles. The van der Waals surface area contributed by atoms with E-state index in [1.807, 2.05) is 0 Å². The van der Waals surface area contributed by atoms with Crippen LogP contribution in [0.25, 0.3) is 0 Å². The second-order valence-electron chi connectivity index (χ2n) is 4.38. The van der Waals surface area contributed by atoms with Crippen LogP contribution < -0.4 is 0 Å². The molecule has 0 aliphatic rings. The van der Waals surface area contributed by atoms with E-state index < -0.39 is 12.3 Å². The Balaban J connectivity index is 3.46. The van der Waals surface area contributed by atoms with Crippen molar-refractivity contribution in [1.82, 2.24) is 0 Å². The Kier molecular flexibility index (Phi) is 11.5. The van der Waals surface area contributed by atoms with Crippen LogP contribution in [0, 0.1) is 0 Å². The number of ether oxygens (including phenoxy) is 4. The summed E-state index contributed by atoms with van der Waals surface area (Å²) in [6.07, 6.45) is -2.34. The van der Waals surface area contributed by atoms with Crippen molar-refractivity contribution in [1.29, 1.82) is 0 Å². The minimum atomic E-state index is -1.17. The molecule has 8 heteroatoms. The van der Waals surface area contributed by atoms with E-state index in [9.17, 15) is 9.59 Å². The highest BCUT2D eigenvalue weighted by Gasteiger charge is 2.11. The lowest BCUT2D eigenvalue weighted by Gasteiger charge is -2.06. The van der Waals surface area contributed by atoms with Crippen LogP contribution in [0.2, 0.25) is 0 Å². The van der Waals surface area contributed by atoms with Crippen LogP contribution in [-0.4, -0.2) is 52.0 Å². The van der Waals surface area contributed by atoms with Gasteiger partial charge in [-0.1, -0.05) is 24.3 Å². The van der Waals surface area contributed by atoms with Gasteiger partial charge < -0.3 is 18.9 Å². The number of hydrogen-bond donors (Lipinski definition) is 0. The summed E-state index contributed by atoms with van der Waals surface area (Å²) in [6, 6.07) is 0. The van der Waals surface area contributed by atoms with Crippen molar-refractivity contribution in [2.24, 2.45) is 0 Å². The molecule has 0 N–H and O–H groups in total. The summed E-state index contributed by atoms with van der Waals surface area (Å²) in [4.78, 5) is 30.1. The van der Waals surface area contributed by atoms with Gasteiger partial charge >= 0.3 is 12.3 Å². The first-order valence-electron chi connectivity index (χ1n) is 6.54. The minimum absolute atomic E-state index is 0.0424. The Bertz CT molecular complexity index is 341. The average molecular weight is 318 g/mol. The average Bonchev–Trinajstić information content (AvgIpc) is 2.43. The Morgan fingerprint density at radius 1 is 0.727 bits per heavy atom. The molecular formula is C14H22O8. The van der Waals surface area contributed by atoms with E-state index in [1.54, 1.807) is 13.8 Å². The van der Waals surface area contributed by atoms with Crippen molar-refractivity contribution in [2.45, 2.75) is 13.8 Å². The van der Waals surface area contributed by atoms with Crippen LogP contribution in [0.4, 0.5) is 9.59 Å². The molecule has 0 amide bonds. The fraction of sp³-hybridized carbons (Fsp3) is 0.571. The van der Waals surface area contributed by atoms with Crippen LogP contribution in [0.1, 0.15) is 13.8 Å². The number of hydrogen-bond acceptors (Lipinski definition) is 8. The third kappa shape index (κ3) is 14.4. The predicted molar refractivity (Wildman–Crippen MR) is 76.1 cm³/mol. The molecule has 8 nitrogen and oxygen atoms in total. The zero-order valence-corrected chi connectivity index (χ0v) is 12.9. The number of rotatable bonds is 10. The van der Waals surface area contributed by atoms with Gasteiger partial charge in [0.1, 0.15) is 13.2 Å². The standard InChI is InChI=1S/C14H22O8/c1-11(2)9-17-5-7-19-13(15)21-22-14(16)20-8-6-18-10-12(3)4/h1,3,5-10H2,2,4H3. The second kappa shape index (κ2) is 12.7. The SMILES string of the molecule is C=C(C)COCCOC(=O)OOC(=O)OCCOCC(=C)C. The lowest BCUT2D eigenvalue weighted by Crippen LogP contribution is -2.17. The Morgan fingerprint density at radius 2 is 1.09 bits per heavy atom. The van der Waals surface area contributed by atoms with Crippen molar-refractivity contribution < 1.29 is 38.3 Å². The lowest BCUT2D eigenvalue weighted by atomic mass is 10.4. The highest BCUT2D eigenvalue weighted by Crippen LogP contribution is 1.94. The molecule has 0 radical (unpaired) electrons. The molecule has 0 aliphatic heterocycles. The first kappa shape index (κ1) is 19.9. The van der Waals surface area contributed by atoms with Gasteiger partial charge in [0.25, 0.3) is 0 Å². The Morgan fingerprint density at radius 3 is 1.41 bits per heavy atom. The first-order valence-corrected chi connectivity index (χ1v) is 6.54. The number of carbonyl (C=O) groups excluding carboxylic acids is 2. The largest absolute Gasteiger partial charge is 0.550 e. The second-order valence-corrected chi connectivity index (χ2v) is 4.38. The van der Waals surface area contributed by atoms with Gasteiger partial charge in [0.05, 0.1) is 26.4 Å². The summed E-state index contributed by atoms with van der Waals surface area (Å²) in [5, 5.41) is 0. The van der Waals surface area contributed by atoms with E-state index in [0.29, 0.717) is 13.2 Å². The maximum atomic E-state index is 11.0. The molecule has 0 unspecified atom stereocenters. The molecule has 0 saturated carbocycles. The third-order valence-electron chi connectivity index (χ3n) is 1.77. The minimum Gasteiger partial charge on any atom is -0.429 e. The van der Waals surface area contributed by atoms with Gasteiger partial charge in [-0.05, 0) is 13.8 Å². The normalized spacial score (nSPS) is 9.73. The van der Waals surface area contributed by atoms with E-state index in [1.165, 1.54) is 0 Å². The molecule has 0 aromatic carbocycles. The van der Waals surface area contributed by atoms with Crippen molar-refractivity contribution in [3.05, 3.63) is 24.3 Å². The molecule has 0 aromatic heterocycles. The predicted octanol–water partition coefficient (Wildman–Crippen LogP) is 2.39. The van der Waals surface area contributed by atoms with Crippen molar-refractivity contribution in [2.75, 3.05) is 39.6 Å². The molecule has 0 aliphatic carbocycles. The van der Waals surface area contributed by atoms with E-state index in [0.717, 1.165) is 11.1 Å². The monoisotopic (exact) mass is 318 g/mol. The molecule has 0 aromatic rings. The van der Waals surface area contributed by atoms with E-state index in [-0.39, 0.29) is 26.4 Å². The lowest BCUT2D eigenvalue weighted by molar-refractivity contribution is -0.219. The highest BCUT2D eigenvalue weighted by atomic mass is 17.3.